The summed E-state index contributed by atoms with van der Waals surface area (Å²) in [5.74, 6) is 0. The molecule has 0 heterocycles. The topological polar surface area (TPSA) is 17.1 Å². The van der Waals surface area contributed by atoms with Gasteiger partial charge >= 0.3 is 0 Å². The molecule has 4 heteroatoms. The largest absolute Gasteiger partial charge is 0.276 e. The van der Waals surface area contributed by atoms with Crippen molar-refractivity contribution in [3.63, 3.8) is 0 Å². The Morgan fingerprint density at radius 1 is 1.31 bits per heavy atom. The molecule has 0 radical (unpaired) electrons. The normalized spacial score (nSPS) is 10.2. The molecule has 13 heavy (non-hydrogen) atoms. The van der Waals surface area contributed by atoms with E-state index in [1.807, 2.05) is 19.9 Å². The second kappa shape index (κ2) is 4.36. The summed E-state index contributed by atoms with van der Waals surface area (Å²) in [5, 5.41) is -0.466. The minimum Gasteiger partial charge on any atom is -0.276 e. The van der Waals surface area contributed by atoms with Gasteiger partial charge in [-0.05, 0) is 70.4 Å². The molecule has 0 N–H and O–H groups in total. The Bertz CT molecular complexity index is 350. The summed E-state index contributed by atoms with van der Waals surface area (Å²) < 4.78 is 0. The fraction of sp³-hybridized carbons (Fsp3) is 0.222. The summed E-state index contributed by atoms with van der Waals surface area (Å²) in [6.45, 7) is 3.90. The number of aryl methyl sites for hydroxylation is 2. The molecule has 70 valence electrons. The second-order valence-electron chi connectivity index (χ2n) is 2.78. The third-order valence-corrected chi connectivity index (χ3v) is 3.10. The van der Waals surface area contributed by atoms with Gasteiger partial charge in [0.15, 0.2) is 0 Å². The highest BCUT2D eigenvalue weighted by Crippen LogP contribution is 2.29. The predicted octanol–water partition coefficient (Wildman–Crippen LogP) is 3.93. The van der Waals surface area contributed by atoms with Crippen molar-refractivity contribution in [1.82, 2.24) is 0 Å². The fourth-order valence-corrected chi connectivity index (χ4v) is 2.06. The lowest BCUT2D eigenvalue weighted by Crippen LogP contribution is -1.94. The number of benzene rings is 1. The second-order valence-corrected chi connectivity index (χ2v) is 4.18. The molecule has 0 unspecified atom stereocenters. The Morgan fingerprint density at radius 3 is 2.31 bits per heavy atom. The summed E-state index contributed by atoms with van der Waals surface area (Å²) in [7, 11) is 6.62. The first kappa shape index (κ1) is 10.9. The summed E-state index contributed by atoms with van der Waals surface area (Å²) in [5.41, 5.74) is 2.62. The molecule has 1 aromatic carbocycles. The van der Waals surface area contributed by atoms with E-state index in [0.29, 0.717) is 10.5 Å². The predicted molar refractivity (Wildman–Crippen MR) is 57.8 cm³/mol. The lowest BCUT2D eigenvalue weighted by Gasteiger charge is -2.05. The monoisotopic (exact) mass is 234 g/mol. The lowest BCUT2D eigenvalue weighted by molar-refractivity contribution is 0.107. The highest BCUT2D eigenvalue weighted by Gasteiger charge is 2.10. The van der Waals surface area contributed by atoms with E-state index in [1.165, 1.54) is 0 Å². The number of halogens is 2. The van der Waals surface area contributed by atoms with Crippen molar-refractivity contribution < 1.29 is 4.79 Å². The van der Waals surface area contributed by atoms with Crippen LogP contribution in [0.3, 0.4) is 0 Å². The fourth-order valence-electron chi connectivity index (χ4n) is 1.01. The molecule has 0 atom stereocenters. The zero-order valence-corrected chi connectivity index (χ0v) is 9.56. The van der Waals surface area contributed by atoms with Gasteiger partial charge in [0.05, 0.1) is 0 Å². The van der Waals surface area contributed by atoms with Crippen molar-refractivity contribution in [2.24, 2.45) is 0 Å². The van der Waals surface area contributed by atoms with Crippen molar-refractivity contribution in [1.29, 1.82) is 0 Å². The molecular formula is C9H8Cl2OS. The van der Waals surface area contributed by atoms with Gasteiger partial charge in [-0.15, -0.1) is 0 Å². The standard InChI is InChI=1S/C9H8Cl2OS/c1-5-3-7(9(10)12)8(13-11)4-6(5)2/h3-4H,1-2H3. The van der Waals surface area contributed by atoms with Crippen LogP contribution in [0.1, 0.15) is 21.5 Å². The molecule has 0 bridgehead atoms. The minimum absolute atomic E-state index is 0.466. The Morgan fingerprint density at radius 2 is 1.85 bits per heavy atom. The number of hydrogen-bond donors (Lipinski definition) is 0. The van der Waals surface area contributed by atoms with Crippen molar-refractivity contribution in [3.05, 3.63) is 28.8 Å². The maximum Gasteiger partial charge on any atom is 0.253 e. The average molecular weight is 235 g/mol. The smallest absolute Gasteiger partial charge is 0.253 e. The quantitative estimate of drug-likeness (QED) is 0.722. The third-order valence-electron chi connectivity index (χ3n) is 1.89. The van der Waals surface area contributed by atoms with Crippen molar-refractivity contribution in [2.45, 2.75) is 18.7 Å². The molecule has 0 saturated carbocycles. The molecule has 1 nitrogen and oxygen atoms in total. The van der Waals surface area contributed by atoms with Gasteiger partial charge in [-0.1, -0.05) is 0 Å². The Labute approximate surface area is 90.9 Å². The van der Waals surface area contributed by atoms with E-state index < -0.39 is 5.24 Å². The highest BCUT2D eigenvalue weighted by molar-refractivity contribution is 8.21. The molecule has 0 fully saturated rings. The zero-order valence-electron chi connectivity index (χ0n) is 7.23. The van der Waals surface area contributed by atoms with Crippen LogP contribution in [0.25, 0.3) is 0 Å². The van der Waals surface area contributed by atoms with Crippen LogP contribution in [0.4, 0.5) is 0 Å². The van der Waals surface area contributed by atoms with Gasteiger partial charge in [0.2, 0.25) is 0 Å². The molecule has 1 aromatic rings. The molecule has 1 rings (SSSR count). The van der Waals surface area contributed by atoms with Crippen molar-refractivity contribution in [3.8, 4) is 0 Å². The first-order valence-corrected chi connectivity index (χ1v) is 5.68. The van der Waals surface area contributed by atoms with Gasteiger partial charge in [-0.25, -0.2) is 0 Å². The van der Waals surface area contributed by atoms with E-state index in [9.17, 15) is 4.79 Å². The molecular weight excluding hydrogens is 227 g/mol. The van der Waals surface area contributed by atoms with Gasteiger partial charge in [0.25, 0.3) is 5.24 Å². The molecule has 0 aliphatic carbocycles. The van der Waals surface area contributed by atoms with Crippen LogP contribution in [0.15, 0.2) is 17.0 Å². The Kier molecular flexibility index (Phi) is 3.65. The van der Waals surface area contributed by atoms with E-state index >= 15 is 0 Å². The molecule has 0 amide bonds. The summed E-state index contributed by atoms with van der Waals surface area (Å²) in [6.07, 6.45) is 0. The Hall–Kier alpha value is -0.180. The number of carbonyl (C=O) groups excluding carboxylic acids is 1. The SMILES string of the molecule is Cc1cc(SCl)c(C(=O)Cl)cc1C. The lowest BCUT2D eigenvalue weighted by atomic mass is 10.1. The van der Waals surface area contributed by atoms with Crippen LogP contribution in [0, 0.1) is 13.8 Å². The number of hydrogen-bond acceptors (Lipinski definition) is 2. The van der Waals surface area contributed by atoms with E-state index in [4.69, 9.17) is 22.3 Å². The van der Waals surface area contributed by atoms with E-state index in [0.717, 1.165) is 22.1 Å². The van der Waals surface area contributed by atoms with Gasteiger partial charge in [0, 0.05) is 10.5 Å². The van der Waals surface area contributed by atoms with Crippen LogP contribution < -0.4 is 0 Å². The highest BCUT2D eigenvalue weighted by atomic mass is 35.7. The van der Waals surface area contributed by atoms with E-state index in [1.54, 1.807) is 6.07 Å². The number of rotatable bonds is 2. The van der Waals surface area contributed by atoms with Gasteiger partial charge in [-0.3, -0.25) is 4.79 Å². The molecule has 0 aliphatic rings. The maximum atomic E-state index is 11.0. The minimum atomic E-state index is -0.466. The van der Waals surface area contributed by atoms with Gasteiger partial charge in [0.1, 0.15) is 0 Å². The van der Waals surface area contributed by atoms with Crippen LogP contribution in [0.5, 0.6) is 0 Å². The molecule has 0 aromatic heterocycles. The van der Waals surface area contributed by atoms with Gasteiger partial charge in [-0.2, -0.15) is 0 Å². The van der Waals surface area contributed by atoms with Crippen LogP contribution >= 0.6 is 33.3 Å². The summed E-state index contributed by atoms with van der Waals surface area (Å²) in [6, 6.07) is 3.62. The van der Waals surface area contributed by atoms with Crippen LogP contribution in [0.2, 0.25) is 0 Å². The first-order valence-electron chi connectivity index (χ1n) is 3.66. The third kappa shape index (κ3) is 2.39. The molecule has 0 spiro atoms. The van der Waals surface area contributed by atoms with Crippen LogP contribution in [-0.2, 0) is 0 Å². The van der Waals surface area contributed by atoms with Crippen molar-refractivity contribution in [2.75, 3.05) is 0 Å². The maximum absolute atomic E-state index is 11.0. The molecule has 0 aliphatic heterocycles. The Balaban J connectivity index is 3.33. The van der Waals surface area contributed by atoms with E-state index in [2.05, 4.69) is 0 Å². The average Bonchev–Trinajstić information content (AvgIpc) is 2.08. The summed E-state index contributed by atoms with van der Waals surface area (Å²) >= 11 is 5.40. The van der Waals surface area contributed by atoms with E-state index in [-0.39, 0.29) is 0 Å². The van der Waals surface area contributed by atoms with Crippen molar-refractivity contribution >= 4 is 38.5 Å². The number of carbonyl (C=O) groups is 1. The first-order chi connectivity index (χ1) is 6.06. The zero-order chi connectivity index (χ0) is 10.0. The van der Waals surface area contributed by atoms with Gasteiger partial charge < -0.3 is 0 Å². The molecule has 0 saturated heterocycles. The summed E-state index contributed by atoms with van der Waals surface area (Å²) in [4.78, 5) is 11.7. The van der Waals surface area contributed by atoms with Crippen LogP contribution in [-0.4, -0.2) is 5.24 Å².